The Kier molecular flexibility index (Phi) is 48.8. The fourth-order valence-electron chi connectivity index (χ4n) is 8.61. The van der Waals surface area contributed by atoms with Crippen LogP contribution in [-0.2, 0) is 42.9 Å². The van der Waals surface area contributed by atoms with E-state index in [1.165, 1.54) is 44.9 Å². The van der Waals surface area contributed by atoms with Crippen LogP contribution in [0.15, 0.2) is 24.3 Å². The number of unbranched alkanes of at least 4 members (excludes halogenated alkanes) is 10. The number of hydrogen-bond donors (Lipinski definition) is 2. The summed E-state index contributed by atoms with van der Waals surface area (Å²) in [4.78, 5) is 60.4. The number of ether oxygens (including phenoxy) is 4. The maximum absolute atomic E-state index is 12.6. The molecule has 0 aliphatic heterocycles. The molecule has 2 unspecified atom stereocenters. The SMILES string of the molecule is CCCCCCCC(=O)CC[C@@H]1C(CC=CCCCOC(=O)C(C)C)C(=O)C[C@H]1CI.CCCCCCCOCCOCC[C@@H]1C(CC=CCCCOC(=O)C(C)C)C(=O)C[C@H]1CI.OO.[Ac]. The first-order chi connectivity index (χ1) is 31.9. The molecule has 2 aliphatic carbocycles. The van der Waals surface area contributed by atoms with Crippen molar-refractivity contribution in [2.45, 2.75) is 183 Å². The molecule has 0 saturated heterocycles. The van der Waals surface area contributed by atoms with Gasteiger partial charge in [-0.25, -0.2) is 0 Å². The molecule has 1 radical (unpaired) electrons. The van der Waals surface area contributed by atoms with E-state index < -0.39 is 0 Å². The molecule has 0 aromatic rings. The van der Waals surface area contributed by atoms with Gasteiger partial charge in [0.2, 0.25) is 0 Å². The van der Waals surface area contributed by atoms with Crippen molar-refractivity contribution in [2.75, 3.05) is 48.5 Å². The molecule has 14 heteroatoms. The summed E-state index contributed by atoms with van der Waals surface area (Å²) in [7, 11) is 0. The summed E-state index contributed by atoms with van der Waals surface area (Å²) in [6.07, 6.45) is 30.1. The van der Waals surface area contributed by atoms with E-state index in [0.717, 1.165) is 86.1 Å². The molecule has 6 atom stereocenters. The van der Waals surface area contributed by atoms with E-state index in [9.17, 15) is 24.0 Å². The quantitative estimate of drug-likeness (QED) is 0.0116. The van der Waals surface area contributed by atoms with E-state index >= 15 is 0 Å². The van der Waals surface area contributed by atoms with Crippen molar-refractivity contribution in [3.63, 3.8) is 0 Å². The third-order valence-electron chi connectivity index (χ3n) is 12.6. The Balaban J connectivity index is 0. The van der Waals surface area contributed by atoms with Gasteiger partial charge < -0.3 is 18.9 Å². The van der Waals surface area contributed by atoms with Crippen LogP contribution >= 0.6 is 45.2 Å². The van der Waals surface area contributed by atoms with Gasteiger partial charge in [-0.3, -0.25) is 34.5 Å². The number of Topliss-reactive ketones (excluding diaryl/α,β-unsaturated/α-hetero) is 3. The molecule has 0 bridgehead atoms. The van der Waals surface area contributed by atoms with E-state index in [4.69, 9.17) is 29.5 Å². The van der Waals surface area contributed by atoms with Crippen molar-refractivity contribution < 1.29 is 97.5 Å². The smallest absolute Gasteiger partial charge is 0.308 e. The number of ketones is 3. The summed E-state index contributed by atoms with van der Waals surface area (Å²) >= 11 is 4.81. The van der Waals surface area contributed by atoms with Crippen molar-refractivity contribution in [3.8, 4) is 0 Å². The van der Waals surface area contributed by atoms with Crippen LogP contribution in [0.25, 0.3) is 0 Å². The van der Waals surface area contributed by atoms with Gasteiger partial charge in [0.25, 0.3) is 0 Å². The summed E-state index contributed by atoms with van der Waals surface area (Å²) in [5.74, 6) is 2.50. The van der Waals surface area contributed by atoms with E-state index in [0.29, 0.717) is 99.7 Å². The van der Waals surface area contributed by atoms with E-state index in [-0.39, 0.29) is 79.7 Å². The van der Waals surface area contributed by atoms with E-state index in [2.05, 4.69) is 83.3 Å². The Labute approximate surface area is 470 Å². The number of esters is 2. The summed E-state index contributed by atoms with van der Waals surface area (Å²) in [5, 5.41) is 12.0. The second-order valence-corrected chi connectivity index (χ2v) is 20.5. The first-order valence-corrected chi connectivity index (χ1v) is 28.6. The van der Waals surface area contributed by atoms with Crippen LogP contribution in [0.3, 0.4) is 0 Å². The molecule has 2 rings (SSSR count). The largest absolute Gasteiger partial charge is 0.465 e. The van der Waals surface area contributed by atoms with Gasteiger partial charge in [-0.05, 0) is 87.9 Å². The van der Waals surface area contributed by atoms with Gasteiger partial charge in [0.05, 0.1) is 38.3 Å². The zero-order valence-electron chi connectivity index (χ0n) is 42.5. The van der Waals surface area contributed by atoms with Crippen LogP contribution in [0.1, 0.15) is 183 Å². The Bertz CT molecular complexity index is 1330. The molecule has 0 aromatic heterocycles. The third kappa shape index (κ3) is 34.3. The molecule has 0 spiro atoms. The topological polar surface area (TPSA) is 163 Å². The molecule has 0 amide bonds. The van der Waals surface area contributed by atoms with E-state index in [1.54, 1.807) is 0 Å². The minimum atomic E-state index is -0.149. The Morgan fingerprint density at radius 1 is 0.567 bits per heavy atom. The van der Waals surface area contributed by atoms with Crippen molar-refractivity contribution >= 4 is 74.5 Å². The summed E-state index contributed by atoms with van der Waals surface area (Å²) in [5.41, 5.74) is 0. The van der Waals surface area contributed by atoms with Gasteiger partial charge in [0, 0.05) is 104 Å². The number of rotatable bonds is 37. The fraction of sp³-hybridized carbons (Fsp3) is 0.830. The molecule has 2 saturated carbocycles. The van der Waals surface area contributed by atoms with Gasteiger partial charge in [0.15, 0.2) is 0 Å². The number of alkyl halides is 2. The van der Waals surface area contributed by atoms with E-state index in [1.807, 2.05) is 27.7 Å². The van der Waals surface area contributed by atoms with Gasteiger partial charge in [-0.1, -0.05) is 162 Å². The maximum atomic E-state index is 12.6. The zero-order valence-corrected chi connectivity index (χ0v) is 51.6. The van der Waals surface area contributed by atoms with Gasteiger partial charge in [-0.15, -0.1) is 0 Å². The number of halogens is 2. The van der Waals surface area contributed by atoms with Crippen molar-refractivity contribution in [2.24, 2.45) is 47.3 Å². The first-order valence-electron chi connectivity index (χ1n) is 25.6. The molecule has 67 heavy (non-hydrogen) atoms. The third-order valence-corrected chi connectivity index (χ3v) is 14.9. The molecule has 2 aliphatic rings. The zero-order chi connectivity index (χ0) is 49.4. The van der Waals surface area contributed by atoms with Gasteiger partial charge >= 0.3 is 11.9 Å². The Morgan fingerprint density at radius 3 is 1.45 bits per heavy atom. The number of allylic oxidation sites excluding steroid dienone is 4. The molecule has 387 valence electrons. The van der Waals surface area contributed by atoms with Crippen molar-refractivity contribution in [1.82, 2.24) is 0 Å². The maximum Gasteiger partial charge on any atom is 0.308 e. The molecule has 0 aromatic carbocycles. The second-order valence-electron chi connectivity index (χ2n) is 18.7. The Hall–Kier alpha value is 0.172. The summed E-state index contributed by atoms with van der Waals surface area (Å²) < 4.78 is 23.9. The minimum absolute atomic E-state index is 0. The molecule has 2 N–H and O–H groups in total. The molecular weight excluding hydrogens is 1290 g/mol. The predicted molar refractivity (Wildman–Crippen MR) is 283 cm³/mol. The van der Waals surface area contributed by atoms with Crippen LogP contribution in [0.2, 0.25) is 0 Å². The summed E-state index contributed by atoms with van der Waals surface area (Å²) in [6.45, 7) is 15.5. The minimum Gasteiger partial charge on any atom is -0.465 e. The van der Waals surface area contributed by atoms with Gasteiger partial charge in [-0.2, -0.15) is 0 Å². The Morgan fingerprint density at radius 2 is 1.00 bits per heavy atom. The average Bonchev–Trinajstić information content (AvgIpc) is 3.79. The molecular formula is C53H92AcI2O11. The average molecular weight is 1390 g/mol. The number of carbonyl (C=O) groups excluding carboxylic acids is 5. The van der Waals surface area contributed by atoms with Crippen LogP contribution in [-0.4, -0.2) is 88.3 Å². The van der Waals surface area contributed by atoms with Crippen molar-refractivity contribution in [1.29, 1.82) is 0 Å². The molecule has 2 fully saturated rings. The molecule has 11 nitrogen and oxygen atoms in total. The number of carbonyl (C=O) groups is 5. The van der Waals surface area contributed by atoms with Crippen molar-refractivity contribution in [3.05, 3.63) is 24.3 Å². The standard InChI is InChI=1S/C27H47IO5.C26H43IO4.Ac.H2O2/c1-4-5-6-8-11-15-31-18-19-32-17-14-24-23(21-28)20-26(29)25(24)13-10-7-9-12-16-33-27(30)22(2)3;1-4-5-6-7-10-13-22(28)15-16-23-21(19-27)18-25(29)24(23)14-11-8-9-12-17-31-26(30)20(2)3;;1-2/h7,10,22-25H,4-6,8-9,11-21H2,1-3H3;8,11,20-21,23-24H,4-7,9-10,12-19H2,1-3H3;;1-2H/t23-,24-,25?;21-,23-,24?;;/m00../s1. The second kappa shape index (κ2) is 47.2. The molecule has 0 heterocycles. The normalized spacial score (nSPS) is 20.2. The summed E-state index contributed by atoms with van der Waals surface area (Å²) in [6, 6.07) is 0. The van der Waals surface area contributed by atoms with Crippen LogP contribution in [0, 0.1) is 91.4 Å². The van der Waals surface area contributed by atoms with Crippen LogP contribution < -0.4 is 0 Å². The monoisotopic (exact) mass is 1390 g/mol. The first kappa shape index (κ1) is 69.2. The number of hydrogen-bond acceptors (Lipinski definition) is 11. The van der Waals surface area contributed by atoms with Crippen LogP contribution in [0.5, 0.6) is 0 Å². The van der Waals surface area contributed by atoms with Crippen LogP contribution in [0.4, 0.5) is 0 Å². The van der Waals surface area contributed by atoms with Gasteiger partial charge in [0.1, 0.15) is 17.3 Å². The predicted octanol–water partition coefficient (Wildman–Crippen LogP) is 13.5. The fourth-order valence-corrected chi connectivity index (χ4v) is 10.5.